The van der Waals surface area contributed by atoms with E-state index < -0.39 is 20.0 Å². The molecule has 0 aliphatic carbocycles. The van der Waals surface area contributed by atoms with Gasteiger partial charge in [0.05, 0.1) is 18.0 Å². The van der Waals surface area contributed by atoms with Crippen LogP contribution in [0.1, 0.15) is 0 Å². The zero-order valence-electron chi connectivity index (χ0n) is 17.9. The number of halogens is 2. The molecule has 0 unspecified atom stereocenters. The van der Waals surface area contributed by atoms with Crippen LogP contribution in [0.25, 0.3) is 22.0 Å². The minimum atomic E-state index is -4.19. The Labute approximate surface area is 207 Å². The maximum absolute atomic E-state index is 12.2. The highest BCUT2D eigenvalue weighted by Gasteiger charge is 2.30. The molecule has 1 N–H and O–H groups in total. The molecule has 34 heavy (non-hydrogen) atoms. The maximum Gasteiger partial charge on any atom is 0.245 e. The molecule has 12 heteroatoms. The third-order valence-corrected chi connectivity index (χ3v) is 8.55. The number of benzene rings is 2. The Kier molecular flexibility index (Phi) is 6.43. The van der Waals surface area contributed by atoms with Crippen LogP contribution < -0.4 is 9.03 Å². The molecule has 0 amide bonds. The number of hydrogen-bond acceptors (Lipinski definition) is 7. The Hall–Kier alpha value is -2.92. The van der Waals surface area contributed by atoms with E-state index in [9.17, 15) is 16.8 Å². The van der Waals surface area contributed by atoms with E-state index in [4.69, 9.17) is 23.2 Å². The highest BCUT2D eigenvalue weighted by atomic mass is 35.5. The van der Waals surface area contributed by atoms with Crippen molar-refractivity contribution < 1.29 is 16.8 Å². The average Bonchev–Trinajstić information content (AvgIpc) is 2.73. The van der Waals surface area contributed by atoms with E-state index in [2.05, 4.69) is 15.3 Å². The van der Waals surface area contributed by atoms with E-state index in [-0.39, 0.29) is 14.6 Å². The van der Waals surface area contributed by atoms with Crippen LogP contribution in [-0.4, -0.2) is 39.3 Å². The molecule has 176 valence electrons. The van der Waals surface area contributed by atoms with Gasteiger partial charge in [-0.05, 0) is 48.0 Å². The molecule has 0 aliphatic rings. The maximum atomic E-state index is 12.2. The molecule has 0 atom stereocenters. The fourth-order valence-corrected chi connectivity index (χ4v) is 6.92. The minimum Gasteiger partial charge on any atom is -0.355 e. The second-order valence-electron chi connectivity index (χ2n) is 7.48. The molecule has 0 radical (unpaired) electrons. The highest BCUT2D eigenvalue weighted by molar-refractivity contribution is 8.09. The summed E-state index contributed by atoms with van der Waals surface area (Å²) in [6.45, 7) is 0. The number of sulfonamides is 2. The van der Waals surface area contributed by atoms with Gasteiger partial charge < -0.3 is 5.32 Å². The fraction of sp³-hybridized carbons (Fsp3) is 0.0909. The van der Waals surface area contributed by atoms with Crippen LogP contribution in [0.15, 0.2) is 67.0 Å². The predicted octanol–water partition coefficient (Wildman–Crippen LogP) is 5.07. The quantitative estimate of drug-likeness (QED) is 0.342. The minimum absolute atomic E-state index is 0.257. The van der Waals surface area contributed by atoms with E-state index in [0.29, 0.717) is 21.7 Å². The number of nitrogens with zero attached hydrogens (tertiary/aromatic N) is 3. The largest absolute Gasteiger partial charge is 0.355 e. The van der Waals surface area contributed by atoms with Gasteiger partial charge in [-0.25, -0.2) is 21.8 Å². The average molecular weight is 537 g/mol. The van der Waals surface area contributed by atoms with Crippen LogP contribution in [0.4, 0.5) is 17.1 Å². The summed E-state index contributed by atoms with van der Waals surface area (Å²) in [6, 6.07) is 15.9. The Morgan fingerprint density at radius 2 is 1.59 bits per heavy atom. The summed E-state index contributed by atoms with van der Waals surface area (Å²) in [4.78, 5) is 8.42. The van der Waals surface area contributed by atoms with Crippen molar-refractivity contribution in [3.63, 3.8) is 0 Å². The molecule has 0 bridgehead atoms. The van der Waals surface area contributed by atoms with Gasteiger partial charge in [0.1, 0.15) is 5.69 Å². The molecule has 2 aromatic heterocycles. The topological polar surface area (TPSA) is 109 Å². The SMILES string of the molecule is CS(=O)(=O)N(c1cc(-c2ccc3nccc(Nc4cccc(Cl)c4)c3c2)cnc1Cl)S(C)(=O)=O. The first kappa shape index (κ1) is 24.2. The van der Waals surface area contributed by atoms with E-state index in [1.807, 2.05) is 24.3 Å². The Bertz CT molecular complexity index is 1600. The third-order valence-electron chi connectivity index (χ3n) is 4.80. The summed E-state index contributed by atoms with van der Waals surface area (Å²) in [5.74, 6) is 0. The van der Waals surface area contributed by atoms with Crippen molar-refractivity contribution in [3.05, 3.63) is 77.2 Å². The monoisotopic (exact) mass is 536 g/mol. The van der Waals surface area contributed by atoms with Gasteiger partial charge in [-0.15, -0.1) is 0 Å². The van der Waals surface area contributed by atoms with Gasteiger partial charge >= 0.3 is 0 Å². The van der Waals surface area contributed by atoms with Crippen LogP contribution in [-0.2, 0) is 20.0 Å². The van der Waals surface area contributed by atoms with Gasteiger partial charge in [0.15, 0.2) is 5.15 Å². The highest BCUT2D eigenvalue weighted by Crippen LogP contribution is 2.35. The Morgan fingerprint density at radius 1 is 0.853 bits per heavy atom. The second-order valence-corrected chi connectivity index (χ2v) is 12.2. The van der Waals surface area contributed by atoms with Crippen molar-refractivity contribution in [2.45, 2.75) is 0 Å². The number of anilines is 3. The zero-order chi connectivity index (χ0) is 24.7. The van der Waals surface area contributed by atoms with Crippen molar-refractivity contribution in [1.29, 1.82) is 0 Å². The van der Waals surface area contributed by atoms with Crippen molar-refractivity contribution in [3.8, 4) is 11.1 Å². The summed E-state index contributed by atoms with van der Waals surface area (Å²) >= 11 is 12.2. The molecule has 2 aromatic carbocycles. The lowest BCUT2D eigenvalue weighted by Crippen LogP contribution is -2.35. The summed E-state index contributed by atoms with van der Waals surface area (Å²) in [6.07, 6.45) is 4.68. The normalized spacial score (nSPS) is 12.0. The van der Waals surface area contributed by atoms with Crippen molar-refractivity contribution in [2.24, 2.45) is 0 Å². The van der Waals surface area contributed by atoms with Crippen LogP contribution in [0.5, 0.6) is 0 Å². The smallest absolute Gasteiger partial charge is 0.245 e. The number of rotatable bonds is 6. The summed E-state index contributed by atoms with van der Waals surface area (Å²) in [5, 5.41) is 4.42. The molecule has 0 saturated carbocycles. The van der Waals surface area contributed by atoms with E-state index in [1.54, 1.807) is 30.5 Å². The van der Waals surface area contributed by atoms with Gasteiger partial charge in [0, 0.05) is 39.7 Å². The van der Waals surface area contributed by atoms with Crippen molar-refractivity contribution >= 4 is 71.2 Å². The van der Waals surface area contributed by atoms with Crippen molar-refractivity contribution in [1.82, 2.24) is 9.97 Å². The number of pyridine rings is 2. The van der Waals surface area contributed by atoms with Gasteiger partial charge in [-0.1, -0.05) is 35.3 Å². The first-order chi connectivity index (χ1) is 15.9. The van der Waals surface area contributed by atoms with Crippen molar-refractivity contribution in [2.75, 3.05) is 21.5 Å². The summed E-state index contributed by atoms with van der Waals surface area (Å²) in [5.41, 5.74) is 3.14. The molecule has 0 spiro atoms. The predicted molar refractivity (Wildman–Crippen MR) is 137 cm³/mol. The first-order valence-electron chi connectivity index (χ1n) is 9.71. The number of fused-ring (bicyclic) bond motifs is 1. The van der Waals surface area contributed by atoms with Gasteiger partial charge in [0.2, 0.25) is 20.0 Å². The zero-order valence-corrected chi connectivity index (χ0v) is 21.0. The second kappa shape index (κ2) is 9.03. The molecule has 0 fully saturated rings. The number of nitrogens with one attached hydrogen (secondary N) is 1. The van der Waals surface area contributed by atoms with E-state index in [0.717, 1.165) is 29.3 Å². The van der Waals surface area contributed by atoms with E-state index in [1.165, 1.54) is 12.3 Å². The Morgan fingerprint density at radius 3 is 2.26 bits per heavy atom. The van der Waals surface area contributed by atoms with Crippen LogP contribution in [0, 0.1) is 0 Å². The molecule has 4 rings (SSSR count). The molecule has 8 nitrogen and oxygen atoms in total. The molecule has 4 aromatic rings. The Balaban J connectivity index is 1.84. The molecular formula is C22H18Cl2N4O4S2. The molecule has 0 aliphatic heterocycles. The summed E-state index contributed by atoms with van der Waals surface area (Å²) < 4.78 is 49.2. The standard InChI is InChI=1S/C22H18Cl2N4O4S2/c1-33(29,30)28(34(2,31)32)21-11-15(13-26-22(21)24)14-6-7-19-18(10-14)20(8-9-25-19)27-17-5-3-4-16(23)12-17/h3-13H,1-2H3,(H,25,27). The lowest BCUT2D eigenvalue weighted by molar-refractivity contribution is 0.590. The van der Waals surface area contributed by atoms with Gasteiger partial charge in [-0.3, -0.25) is 4.98 Å². The van der Waals surface area contributed by atoms with Crippen LogP contribution in [0.3, 0.4) is 0 Å². The molecule has 2 heterocycles. The molecule has 0 saturated heterocycles. The molecular weight excluding hydrogens is 519 g/mol. The van der Waals surface area contributed by atoms with Gasteiger partial charge in [0.25, 0.3) is 0 Å². The number of aromatic nitrogens is 2. The number of hydrogen-bond donors (Lipinski definition) is 1. The van der Waals surface area contributed by atoms with Gasteiger partial charge in [-0.2, -0.15) is 3.71 Å². The van der Waals surface area contributed by atoms with Crippen LogP contribution >= 0.6 is 23.2 Å². The first-order valence-corrected chi connectivity index (χ1v) is 14.2. The lowest BCUT2D eigenvalue weighted by atomic mass is 10.0. The third kappa shape index (κ3) is 5.10. The fourth-order valence-electron chi connectivity index (χ4n) is 3.48. The van der Waals surface area contributed by atoms with Crippen LogP contribution in [0.2, 0.25) is 10.2 Å². The summed E-state index contributed by atoms with van der Waals surface area (Å²) in [7, 11) is -8.37. The van der Waals surface area contributed by atoms with E-state index >= 15 is 0 Å². The lowest BCUT2D eigenvalue weighted by Gasteiger charge is -2.21.